The first kappa shape index (κ1) is 18.6. The molecule has 4 rings (SSSR count). The highest BCUT2D eigenvalue weighted by Gasteiger charge is 2.10. The van der Waals surface area contributed by atoms with Crippen molar-refractivity contribution in [2.75, 3.05) is 11.9 Å². The summed E-state index contributed by atoms with van der Waals surface area (Å²) in [6.07, 6.45) is 1.78. The number of carbonyl (C=O) groups excluding carboxylic acids is 2. The lowest BCUT2D eigenvalue weighted by Gasteiger charge is -2.08. The number of pyridine rings is 1. The van der Waals surface area contributed by atoms with E-state index in [1.54, 1.807) is 16.9 Å². The Bertz CT molecular complexity index is 1230. The Labute approximate surface area is 167 Å². The van der Waals surface area contributed by atoms with Crippen LogP contribution >= 0.6 is 0 Å². The molecular formula is C22H21N5O2. The second-order valence-corrected chi connectivity index (χ2v) is 6.92. The summed E-state index contributed by atoms with van der Waals surface area (Å²) in [6.45, 7) is 2.15. The molecule has 7 nitrogen and oxygen atoms in total. The molecule has 2 heterocycles. The first-order valence-electron chi connectivity index (χ1n) is 9.37. The van der Waals surface area contributed by atoms with E-state index in [2.05, 4.69) is 20.7 Å². The topological polar surface area (TPSA) is 88.9 Å². The molecule has 0 saturated carbocycles. The SMILES string of the molecule is Cc1nn(C)c2ncc(NC(=O)CCNC(=O)c3ccc4ccccc4c3)cc12. The normalized spacial score (nSPS) is 11.0. The van der Waals surface area contributed by atoms with E-state index < -0.39 is 0 Å². The zero-order valence-electron chi connectivity index (χ0n) is 16.3. The maximum atomic E-state index is 12.4. The van der Waals surface area contributed by atoms with Gasteiger partial charge < -0.3 is 10.6 Å². The van der Waals surface area contributed by atoms with Crippen LogP contribution in [0.25, 0.3) is 21.8 Å². The number of hydrogen-bond acceptors (Lipinski definition) is 4. The van der Waals surface area contributed by atoms with Gasteiger partial charge in [-0.3, -0.25) is 14.3 Å². The number of fused-ring (bicyclic) bond motifs is 2. The number of carbonyl (C=O) groups is 2. The smallest absolute Gasteiger partial charge is 0.251 e. The highest BCUT2D eigenvalue weighted by Crippen LogP contribution is 2.19. The predicted molar refractivity (Wildman–Crippen MR) is 113 cm³/mol. The molecular weight excluding hydrogens is 366 g/mol. The minimum absolute atomic E-state index is 0.170. The van der Waals surface area contributed by atoms with Gasteiger partial charge in [-0.2, -0.15) is 5.10 Å². The predicted octanol–water partition coefficient (Wildman–Crippen LogP) is 3.19. The van der Waals surface area contributed by atoms with Crippen molar-refractivity contribution in [3.8, 4) is 0 Å². The van der Waals surface area contributed by atoms with E-state index in [4.69, 9.17) is 0 Å². The van der Waals surface area contributed by atoms with Gasteiger partial charge in [0.2, 0.25) is 5.91 Å². The molecule has 7 heteroatoms. The number of nitrogens with one attached hydrogen (secondary N) is 2. The van der Waals surface area contributed by atoms with E-state index in [1.807, 2.05) is 56.4 Å². The largest absolute Gasteiger partial charge is 0.352 e. The minimum atomic E-state index is -0.197. The fourth-order valence-corrected chi connectivity index (χ4v) is 3.32. The lowest BCUT2D eigenvalue weighted by molar-refractivity contribution is -0.116. The molecule has 2 N–H and O–H groups in total. The lowest BCUT2D eigenvalue weighted by Crippen LogP contribution is -2.27. The Kier molecular flexibility index (Phi) is 4.95. The monoisotopic (exact) mass is 387 g/mol. The van der Waals surface area contributed by atoms with Gasteiger partial charge >= 0.3 is 0 Å². The molecule has 0 spiro atoms. The number of aromatic nitrogens is 3. The van der Waals surface area contributed by atoms with Crippen LogP contribution in [0, 0.1) is 6.92 Å². The third kappa shape index (κ3) is 3.94. The minimum Gasteiger partial charge on any atom is -0.352 e. The molecule has 2 aromatic heterocycles. The maximum Gasteiger partial charge on any atom is 0.251 e. The zero-order valence-corrected chi connectivity index (χ0v) is 16.3. The van der Waals surface area contributed by atoms with Gasteiger partial charge in [0.05, 0.1) is 17.6 Å². The average Bonchev–Trinajstić information content (AvgIpc) is 3.00. The number of rotatable bonds is 5. The number of aryl methyl sites for hydroxylation is 2. The summed E-state index contributed by atoms with van der Waals surface area (Å²) >= 11 is 0. The van der Waals surface area contributed by atoms with E-state index >= 15 is 0 Å². The molecule has 0 radical (unpaired) electrons. The van der Waals surface area contributed by atoms with Crippen LogP contribution in [0.2, 0.25) is 0 Å². The molecule has 4 aromatic rings. The van der Waals surface area contributed by atoms with Crippen molar-refractivity contribution >= 4 is 39.3 Å². The Hall–Kier alpha value is -3.74. The molecule has 29 heavy (non-hydrogen) atoms. The molecule has 0 atom stereocenters. The first-order chi connectivity index (χ1) is 14.0. The number of nitrogens with zero attached hydrogens (tertiary/aromatic N) is 3. The third-order valence-electron chi connectivity index (χ3n) is 4.80. The van der Waals surface area contributed by atoms with Crippen LogP contribution in [0.4, 0.5) is 5.69 Å². The Morgan fingerprint density at radius 1 is 1.07 bits per heavy atom. The summed E-state index contributed by atoms with van der Waals surface area (Å²) < 4.78 is 1.71. The van der Waals surface area contributed by atoms with Crippen LogP contribution in [0.1, 0.15) is 22.5 Å². The molecule has 0 aliphatic rings. The van der Waals surface area contributed by atoms with Gasteiger partial charge in [-0.1, -0.05) is 30.3 Å². The van der Waals surface area contributed by atoms with Crippen molar-refractivity contribution in [3.05, 3.63) is 66.0 Å². The van der Waals surface area contributed by atoms with E-state index in [9.17, 15) is 9.59 Å². The van der Waals surface area contributed by atoms with Crippen molar-refractivity contribution in [1.82, 2.24) is 20.1 Å². The lowest BCUT2D eigenvalue weighted by atomic mass is 10.1. The molecule has 2 aromatic carbocycles. The summed E-state index contributed by atoms with van der Waals surface area (Å²) in [6, 6.07) is 15.3. The van der Waals surface area contributed by atoms with Crippen molar-refractivity contribution in [2.24, 2.45) is 7.05 Å². The molecule has 146 valence electrons. The van der Waals surface area contributed by atoms with Gasteiger partial charge in [-0.15, -0.1) is 0 Å². The summed E-state index contributed by atoms with van der Waals surface area (Å²) in [4.78, 5) is 28.9. The number of benzene rings is 2. The standard InChI is InChI=1S/C22H21N5O2/c1-14-19-12-18(13-24-21(19)27(2)26-14)25-20(28)9-10-23-22(29)17-8-7-15-5-3-4-6-16(15)11-17/h3-8,11-13H,9-10H2,1-2H3,(H,23,29)(H,25,28). The second-order valence-electron chi connectivity index (χ2n) is 6.92. The molecule has 0 aliphatic carbocycles. The van der Waals surface area contributed by atoms with Crippen LogP contribution in [0.5, 0.6) is 0 Å². The molecule has 0 unspecified atom stereocenters. The van der Waals surface area contributed by atoms with Crippen LogP contribution in [0.3, 0.4) is 0 Å². The van der Waals surface area contributed by atoms with Gasteiger partial charge in [-0.25, -0.2) is 4.98 Å². The van der Waals surface area contributed by atoms with E-state index in [1.165, 1.54) is 0 Å². The van der Waals surface area contributed by atoms with Gasteiger partial charge in [0, 0.05) is 31.0 Å². The van der Waals surface area contributed by atoms with Gasteiger partial charge in [0.15, 0.2) is 5.65 Å². The van der Waals surface area contributed by atoms with Crippen LogP contribution in [0.15, 0.2) is 54.7 Å². The van der Waals surface area contributed by atoms with Crippen LogP contribution < -0.4 is 10.6 Å². The maximum absolute atomic E-state index is 12.4. The Morgan fingerprint density at radius 3 is 2.69 bits per heavy atom. The summed E-state index contributed by atoms with van der Waals surface area (Å²) in [5.74, 6) is -0.385. The first-order valence-corrected chi connectivity index (χ1v) is 9.37. The Morgan fingerprint density at radius 2 is 1.86 bits per heavy atom. The number of amides is 2. The van der Waals surface area contributed by atoms with E-state index in [0.29, 0.717) is 11.3 Å². The van der Waals surface area contributed by atoms with Gasteiger partial charge in [0.1, 0.15) is 0 Å². The number of anilines is 1. The summed E-state index contributed by atoms with van der Waals surface area (Å²) in [5.41, 5.74) is 2.81. The van der Waals surface area contributed by atoms with Gasteiger partial charge in [-0.05, 0) is 35.9 Å². The van der Waals surface area contributed by atoms with Crippen LogP contribution in [-0.4, -0.2) is 33.1 Å². The average molecular weight is 387 g/mol. The van der Waals surface area contributed by atoms with Gasteiger partial charge in [0.25, 0.3) is 5.91 Å². The molecule has 2 amide bonds. The molecule has 0 bridgehead atoms. The highest BCUT2D eigenvalue weighted by atomic mass is 16.2. The highest BCUT2D eigenvalue weighted by molar-refractivity contribution is 5.99. The third-order valence-corrected chi connectivity index (χ3v) is 4.80. The molecule has 0 fully saturated rings. The Balaban J connectivity index is 1.33. The molecule has 0 saturated heterocycles. The second kappa shape index (κ2) is 7.71. The zero-order chi connectivity index (χ0) is 20.4. The van der Waals surface area contributed by atoms with E-state index in [-0.39, 0.29) is 24.8 Å². The van der Waals surface area contributed by atoms with Crippen molar-refractivity contribution in [3.63, 3.8) is 0 Å². The van der Waals surface area contributed by atoms with E-state index in [0.717, 1.165) is 27.5 Å². The van der Waals surface area contributed by atoms with Crippen molar-refractivity contribution in [1.29, 1.82) is 0 Å². The summed E-state index contributed by atoms with van der Waals surface area (Å²) in [7, 11) is 1.83. The quantitative estimate of drug-likeness (QED) is 0.550. The molecule has 0 aliphatic heterocycles. The van der Waals surface area contributed by atoms with Crippen molar-refractivity contribution in [2.45, 2.75) is 13.3 Å². The van der Waals surface area contributed by atoms with Crippen LogP contribution in [-0.2, 0) is 11.8 Å². The van der Waals surface area contributed by atoms with Crippen molar-refractivity contribution < 1.29 is 9.59 Å². The summed E-state index contributed by atoms with van der Waals surface area (Å²) in [5, 5.41) is 12.9. The fourth-order valence-electron chi connectivity index (χ4n) is 3.32. The fraction of sp³-hybridized carbons (Fsp3) is 0.182. The number of hydrogen-bond donors (Lipinski definition) is 2.